The van der Waals surface area contributed by atoms with Crippen molar-refractivity contribution in [3.63, 3.8) is 0 Å². The summed E-state index contributed by atoms with van der Waals surface area (Å²) in [5, 5.41) is 0. The molecule has 90 valence electrons. The third-order valence-corrected chi connectivity index (χ3v) is 1.47. The van der Waals surface area contributed by atoms with Gasteiger partial charge in [-0.3, -0.25) is 0 Å². The molecule has 0 N–H and O–H groups in total. The van der Waals surface area contributed by atoms with E-state index in [-0.39, 0.29) is 0 Å². The molecule has 0 amide bonds. The minimum atomic E-state index is 0.867. The zero-order valence-electron chi connectivity index (χ0n) is 12.1. The van der Waals surface area contributed by atoms with Gasteiger partial charge >= 0.3 is 0 Å². The van der Waals surface area contributed by atoms with Crippen molar-refractivity contribution in [1.82, 2.24) is 0 Å². The third-order valence-electron chi connectivity index (χ3n) is 1.47. The Morgan fingerprint density at radius 1 is 0.929 bits per heavy atom. The van der Waals surface area contributed by atoms with E-state index in [9.17, 15) is 0 Å². The molecule has 14 heavy (non-hydrogen) atoms. The van der Waals surface area contributed by atoms with Gasteiger partial charge in [-0.1, -0.05) is 74.0 Å². The van der Waals surface area contributed by atoms with Gasteiger partial charge in [0, 0.05) is 0 Å². The Morgan fingerprint density at radius 2 is 1.29 bits per heavy atom. The van der Waals surface area contributed by atoms with Crippen molar-refractivity contribution in [2.45, 2.75) is 75.2 Å². The van der Waals surface area contributed by atoms with Gasteiger partial charge in [0.1, 0.15) is 0 Å². The van der Waals surface area contributed by atoms with Crippen LogP contribution in [0.3, 0.4) is 0 Å². The molecular weight excluding hydrogens is 168 g/mol. The van der Waals surface area contributed by atoms with Crippen LogP contribution in [0.5, 0.6) is 0 Å². The van der Waals surface area contributed by atoms with Gasteiger partial charge in [-0.05, 0) is 19.3 Å². The first-order valence-electron chi connectivity index (χ1n) is 6.42. The minimum Gasteiger partial charge on any atom is -0.0917 e. The average molecular weight is 202 g/mol. The third kappa shape index (κ3) is 41.1. The summed E-state index contributed by atoms with van der Waals surface area (Å²) in [6, 6.07) is 0. The highest BCUT2D eigenvalue weighted by molar-refractivity contribution is 4.78. The number of hydrogen-bond acceptors (Lipinski definition) is 0. The van der Waals surface area contributed by atoms with Crippen molar-refractivity contribution in [2.24, 2.45) is 5.92 Å². The van der Waals surface area contributed by atoms with E-state index in [1.165, 1.54) is 12.8 Å². The summed E-state index contributed by atoms with van der Waals surface area (Å²) in [5.74, 6) is 0.867. The summed E-state index contributed by atoms with van der Waals surface area (Å²) in [5.41, 5.74) is 0. The van der Waals surface area contributed by atoms with Crippen LogP contribution in [-0.2, 0) is 0 Å². The van der Waals surface area contributed by atoms with E-state index in [2.05, 4.69) is 32.9 Å². The molecule has 1 unspecified atom stereocenters. The molecule has 0 rings (SSSR count). The normalized spacial score (nSPS) is 9.79. The van der Waals surface area contributed by atoms with Crippen molar-refractivity contribution >= 4 is 0 Å². The molecule has 0 aliphatic heterocycles. The van der Waals surface area contributed by atoms with Crippen LogP contribution in [0, 0.1) is 5.92 Å². The first kappa shape index (κ1) is 23.5. The largest absolute Gasteiger partial charge is 0.0917 e. The fourth-order valence-corrected chi connectivity index (χ4v) is 0.535. The van der Waals surface area contributed by atoms with E-state index in [0.29, 0.717) is 0 Å². The second-order valence-corrected chi connectivity index (χ2v) is 2.32. The molecule has 0 radical (unpaired) electrons. The van der Waals surface area contributed by atoms with Crippen LogP contribution in [0.2, 0.25) is 0 Å². The monoisotopic (exact) mass is 202 g/mol. The highest BCUT2D eigenvalue weighted by Gasteiger charge is 1.91. The standard InChI is InChI=1S/C8H16.3C2H6/c1-4-6-7-8(3)5-2;3*1-2/h4,6,8H,5,7H2,1-3H3;3*1-2H3/b6-4-;;;. The molecule has 0 heteroatoms. The lowest BCUT2D eigenvalue weighted by atomic mass is 10.1. The molecule has 0 aliphatic carbocycles. The van der Waals surface area contributed by atoms with Gasteiger partial charge in [0.15, 0.2) is 0 Å². The van der Waals surface area contributed by atoms with Gasteiger partial charge in [0.05, 0.1) is 0 Å². The van der Waals surface area contributed by atoms with Crippen molar-refractivity contribution in [3.8, 4) is 0 Å². The Bertz CT molecular complexity index is 62.4. The molecule has 0 aromatic carbocycles. The van der Waals surface area contributed by atoms with Gasteiger partial charge in [-0.2, -0.15) is 0 Å². The molecule has 0 heterocycles. The Balaban J connectivity index is -0.0000000708. The molecule has 0 aromatic rings. The number of rotatable bonds is 3. The summed E-state index contributed by atoms with van der Waals surface area (Å²) in [4.78, 5) is 0. The van der Waals surface area contributed by atoms with E-state index in [0.717, 1.165) is 5.92 Å². The first-order chi connectivity index (χ1) is 6.81. The molecule has 0 nitrogen and oxygen atoms in total. The van der Waals surface area contributed by atoms with Crippen LogP contribution < -0.4 is 0 Å². The van der Waals surface area contributed by atoms with Crippen molar-refractivity contribution in [1.29, 1.82) is 0 Å². The molecule has 1 atom stereocenters. The summed E-state index contributed by atoms with van der Waals surface area (Å²) in [6.07, 6.45) is 6.89. The zero-order valence-corrected chi connectivity index (χ0v) is 12.1. The highest BCUT2D eigenvalue weighted by Crippen LogP contribution is 2.05. The Morgan fingerprint density at radius 3 is 1.50 bits per heavy atom. The maximum Gasteiger partial charge on any atom is -0.0325 e. The summed E-state index contributed by atoms with van der Waals surface area (Å²) < 4.78 is 0. The molecular formula is C14H34. The fraction of sp³-hybridized carbons (Fsp3) is 0.857. The number of hydrogen-bond donors (Lipinski definition) is 0. The highest BCUT2D eigenvalue weighted by atomic mass is 14.0. The summed E-state index contributed by atoms with van der Waals surface area (Å²) >= 11 is 0. The molecule has 0 fully saturated rings. The molecule has 0 aromatic heterocycles. The van der Waals surface area contributed by atoms with Crippen LogP contribution in [0.4, 0.5) is 0 Å². The van der Waals surface area contributed by atoms with Gasteiger partial charge < -0.3 is 0 Å². The molecule has 0 spiro atoms. The SMILES string of the molecule is C/C=C\CC(C)CC.CC.CC.CC. The van der Waals surface area contributed by atoms with Crippen molar-refractivity contribution in [2.75, 3.05) is 0 Å². The Labute approximate surface area is 93.8 Å². The van der Waals surface area contributed by atoms with E-state index >= 15 is 0 Å². The second kappa shape index (κ2) is 38.7. The quantitative estimate of drug-likeness (QED) is 0.487. The Hall–Kier alpha value is -0.260. The molecule has 0 saturated carbocycles. The van der Waals surface area contributed by atoms with Crippen molar-refractivity contribution < 1.29 is 0 Å². The number of allylic oxidation sites excluding steroid dienone is 2. The maximum atomic E-state index is 2.28. The predicted molar refractivity (Wildman–Crippen MR) is 72.9 cm³/mol. The van der Waals surface area contributed by atoms with Gasteiger partial charge in [-0.25, -0.2) is 0 Å². The first-order valence-corrected chi connectivity index (χ1v) is 6.42. The van der Waals surface area contributed by atoms with Crippen LogP contribution in [0.25, 0.3) is 0 Å². The van der Waals surface area contributed by atoms with E-state index < -0.39 is 0 Å². The zero-order chi connectivity index (χ0) is 12.4. The van der Waals surface area contributed by atoms with Crippen LogP contribution >= 0.6 is 0 Å². The smallest absolute Gasteiger partial charge is 0.0325 e. The average Bonchev–Trinajstić information content (AvgIpc) is 2.33. The minimum absolute atomic E-state index is 0.867. The van der Waals surface area contributed by atoms with Crippen LogP contribution in [-0.4, -0.2) is 0 Å². The van der Waals surface area contributed by atoms with Gasteiger partial charge in [0.25, 0.3) is 0 Å². The lowest BCUT2D eigenvalue weighted by Gasteiger charge is -2.00. The molecule has 0 saturated heterocycles. The van der Waals surface area contributed by atoms with Crippen LogP contribution in [0.15, 0.2) is 12.2 Å². The second-order valence-electron chi connectivity index (χ2n) is 2.32. The topological polar surface area (TPSA) is 0 Å². The van der Waals surface area contributed by atoms with Gasteiger partial charge in [-0.15, -0.1) is 0 Å². The Kier molecular flexibility index (Phi) is 64.9. The lowest BCUT2D eigenvalue weighted by molar-refractivity contribution is 0.572. The van der Waals surface area contributed by atoms with Crippen molar-refractivity contribution in [3.05, 3.63) is 12.2 Å². The lowest BCUT2D eigenvalue weighted by Crippen LogP contribution is -1.86. The molecule has 0 bridgehead atoms. The summed E-state index contributed by atoms with van der Waals surface area (Å²) in [7, 11) is 0. The van der Waals surface area contributed by atoms with E-state index in [4.69, 9.17) is 0 Å². The predicted octanol–water partition coefficient (Wildman–Crippen LogP) is 6.08. The van der Waals surface area contributed by atoms with Crippen LogP contribution in [0.1, 0.15) is 75.2 Å². The summed E-state index contributed by atoms with van der Waals surface area (Å²) in [6.45, 7) is 18.6. The fourth-order valence-electron chi connectivity index (χ4n) is 0.535. The van der Waals surface area contributed by atoms with E-state index in [1.807, 2.05) is 41.5 Å². The van der Waals surface area contributed by atoms with Gasteiger partial charge in [0.2, 0.25) is 0 Å². The van der Waals surface area contributed by atoms with E-state index in [1.54, 1.807) is 0 Å². The molecule has 0 aliphatic rings. The maximum absolute atomic E-state index is 2.28.